The standard InChI is InChI=1S/C30H34Cl2N4O5S/c1-20-18-36(22(3)21(2)35(20)19-23-8-5-4-6-9-23)29(37)24-16-28(26(32)17-25(24)31)42(39,40)34-13-11-33(12-14-34)30(38)27-10-7-15-41-27/h4-10,15-17,20-22H,11-14,18-19H2,1-3H3. The summed E-state index contributed by atoms with van der Waals surface area (Å²) in [4.78, 5) is 32.0. The number of rotatable bonds is 6. The monoisotopic (exact) mass is 632 g/mol. The molecule has 2 aliphatic heterocycles. The first-order chi connectivity index (χ1) is 20.0. The van der Waals surface area contributed by atoms with Crippen molar-refractivity contribution in [2.24, 2.45) is 0 Å². The molecule has 1 aromatic heterocycles. The molecule has 3 heterocycles. The van der Waals surface area contributed by atoms with Crippen molar-refractivity contribution in [2.75, 3.05) is 32.7 Å². The van der Waals surface area contributed by atoms with Crippen molar-refractivity contribution >= 4 is 45.0 Å². The molecule has 2 amide bonds. The summed E-state index contributed by atoms with van der Waals surface area (Å²) in [6.45, 7) is 7.94. The van der Waals surface area contributed by atoms with Gasteiger partial charge in [-0.05, 0) is 50.6 Å². The van der Waals surface area contributed by atoms with Gasteiger partial charge >= 0.3 is 0 Å². The van der Waals surface area contributed by atoms with Crippen LogP contribution in [0.4, 0.5) is 0 Å². The fourth-order valence-corrected chi connectivity index (χ4v) is 7.98. The van der Waals surface area contributed by atoms with E-state index in [1.165, 1.54) is 28.3 Å². The van der Waals surface area contributed by atoms with Crippen molar-refractivity contribution < 1.29 is 22.4 Å². The van der Waals surface area contributed by atoms with Gasteiger partial charge in [0.15, 0.2) is 5.76 Å². The van der Waals surface area contributed by atoms with Crippen molar-refractivity contribution in [1.29, 1.82) is 0 Å². The number of benzene rings is 2. The predicted molar refractivity (Wildman–Crippen MR) is 161 cm³/mol. The van der Waals surface area contributed by atoms with Gasteiger partial charge in [-0.2, -0.15) is 4.31 Å². The third-order valence-corrected chi connectivity index (χ3v) is 11.0. The fourth-order valence-electron chi connectivity index (χ4n) is 5.73. The van der Waals surface area contributed by atoms with E-state index in [9.17, 15) is 18.0 Å². The number of halogens is 2. The molecule has 9 nitrogen and oxygen atoms in total. The van der Waals surface area contributed by atoms with E-state index in [1.807, 2.05) is 25.1 Å². The molecule has 0 radical (unpaired) electrons. The summed E-state index contributed by atoms with van der Waals surface area (Å²) in [5.41, 5.74) is 1.29. The Morgan fingerprint density at radius 2 is 1.57 bits per heavy atom. The summed E-state index contributed by atoms with van der Waals surface area (Å²) >= 11 is 12.9. The third kappa shape index (κ3) is 5.96. The molecule has 0 bridgehead atoms. The third-order valence-electron chi connectivity index (χ3n) is 8.34. The number of nitrogens with zero attached hydrogens (tertiary/aromatic N) is 4. The summed E-state index contributed by atoms with van der Waals surface area (Å²) in [6.07, 6.45) is 1.42. The molecule has 0 aliphatic carbocycles. The molecule has 0 N–H and O–H groups in total. The first kappa shape index (κ1) is 30.6. The highest BCUT2D eigenvalue weighted by molar-refractivity contribution is 7.89. The van der Waals surface area contributed by atoms with Crippen LogP contribution in [0.3, 0.4) is 0 Å². The minimum atomic E-state index is -4.08. The SMILES string of the molecule is CC1C(C)N(Cc2ccccc2)C(C)CN1C(=O)c1cc(S(=O)(=O)N2CCN(C(=O)c3ccco3)CC2)c(Cl)cc1Cl. The van der Waals surface area contributed by atoms with Crippen molar-refractivity contribution in [3.63, 3.8) is 0 Å². The van der Waals surface area contributed by atoms with E-state index in [0.717, 1.165) is 6.54 Å². The van der Waals surface area contributed by atoms with Gasteiger partial charge in [-0.25, -0.2) is 8.42 Å². The second kappa shape index (κ2) is 12.4. The average Bonchev–Trinajstić information content (AvgIpc) is 3.52. The Morgan fingerprint density at radius 1 is 0.881 bits per heavy atom. The van der Waals surface area contributed by atoms with Crippen LogP contribution in [0.15, 0.2) is 70.2 Å². The van der Waals surface area contributed by atoms with Crippen molar-refractivity contribution in [3.05, 3.63) is 87.8 Å². The molecule has 2 fully saturated rings. The minimum Gasteiger partial charge on any atom is -0.459 e. The molecular weight excluding hydrogens is 599 g/mol. The largest absolute Gasteiger partial charge is 0.459 e. The summed E-state index contributed by atoms with van der Waals surface area (Å²) in [5.74, 6) is -0.433. The van der Waals surface area contributed by atoms with Crippen LogP contribution in [-0.4, -0.2) is 90.1 Å². The average molecular weight is 634 g/mol. The van der Waals surface area contributed by atoms with Crippen LogP contribution in [-0.2, 0) is 16.6 Å². The second-order valence-corrected chi connectivity index (χ2v) is 13.6. The van der Waals surface area contributed by atoms with Gasteiger partial charge in [0, 0.05) is 57.4 Å². The van der Waals surface area contributed by atoms with E-state index in [2.05, 4.69) is 30.9 Å². The maximum absolute atomic E-state index is 13.9. The van der Waals surface area contributed by atoms with Crippen LogP contribution in [0, 0.1) is 0 Å². The maximum atomic E-state index is 13.9. The van der Waals surface area contributed by atoms with Crippen LogP contribution >= 0.6 is 23.2 Å². The van der Waals surface area contributed by atoms with Crippen molar-refractivity contribution in [1.82, 2.24) is 19.0 Å². The van der Waals surface area contributed by atoms with Gasteiger partial charge < -0.3 is 14.2 Å². The lowest BCUT2D eigenvalue weighted by atomic mass is 9.98. The smallest absolute Gasteiger partial charge is 0.289 e. The molecule has 3 aromatic rings. The fraction of sp³-hybridized carbons (Fsp3) is 0.400. The maximum Gasteiger partial charge on any atom is 0.289 e. The zero-order valence-electron chi connectivity index (χ0n) is 23.7. The quantitative estimate of drug-likeness (QED) is 0.385. The molecule has 2 aromatic carbocycles. The molecule has 224 valence electrons. The van der Waals surface area contributed by atoms with Gasteiger partial charge in [-0.1, -0.05) is 53.5 Å². The Bertz CT molecular complexity index is 1540. The van der Waals surface area contributed by atoms with E-state index in [4.69, 9.17) is 27.6 Å². The number of hydrogen-bond donors (Lipinski definition) is 0. The molecule has 3 unspecified atom stereocenters. The van der Waals surface area contributed by atoms with E-state index in [1.54, 1.807) is 21.9 Å². The topological polar surface area (TPSA) is 94.4 Å². The summed E-state index contributed by atoms with van der Waals surface area (Å²) in [7, 11) is -4.08. The molecule has 5 rings (SSSR count). The van der Waals surface area contributed by atoms with Gasteiger partial charge in [-0.15, -0.1) is 0 Å². The lowest BCUT2D eigenvalue weighted by Gasteiger charge is -2.49. The van der Waals surface area contributed by atoms with Gasteiger partial charge in [0.1, 0.15) is 4.90 Å². The molecule has 2 aliphatic rings. The number of sulfonamides is 1. The number of furan rings is 1. The number of carbonyl (C=O) groups excluding carboxylic acids is 2. The van der Waals surface area contributed by atoms with Crippen LogP contribution in [0.5, 0.6) is 0 Å². The van der Waals surface area contributed by atoms with Crippen molar-refractivity contribution in [2.45, 2.75) is 50.3 Å². The van der Waals surface area contributed by atoms with Crippen LogP contribution in [0.1, 0.15) is 47.2 Å². The zero-order chi connectivity index (χ0) is 30.2. The minimum absolute atomic E-state index is 0.0485. The molecule has 42 heavy (non-hydrogen) atoms. The predicted octanol–water partition coefficient (Wildman–Crippen LogP) is 4.86. The highest BCUT2D eigenvalue weighted by atomic mass is 35.5. The van der Waals surface area contributed by atoms with E-state index in [-0.39, 0.29) is 82.4 Å². The van der Waals surface area contributed by atoms with Gasteiger partial charge in [0.05, 0.1) is 21.9 Å². The Kier molecular flexibility index (Phi) is 9.01. The zero-order valence-corrected chi connectivity index (χ0v) is 26.1. The van der Waals surface area contributed by atoms with Crippen molar-refractivity contribution in [3.8, 4) is 0 Å². The second-order valence-electron chi connectivity index (χ2n) is 10.9. The Morgan fingerprint density at radius 3 is 2.21 bits per heavy atom. The Labute approximate surface area is 256 Å². The molecular formula is C30H34Cl2N4O5S. The number of carbonyl (C=O) groups is 2. The number of amides is 2. The van der Waals surface area contributed by atoms with Gasteiger partial charge in [0.25, 0.3) is 11.8 Å². The Hall–Kier alpha value is -2.89. The first-order valence-corrected chi connectivity index (χ1v) is 16.1. The van der Waals surface area contributed by atoms with Gasteiger partial charge in [0.2, 0.25) is 10.0 Å². The van der Waals surface area contributed by atoms with Crippen LogP contribution in [0.25, 0.3) is 0 Å². The van der Waals surface area contributed by atoms with Crippen LogP contribution in [0.2, 0.25) is 10.0 Å². The van der Waals surface area contributed by atoms with E-state index in [0.29, 0.717) is 6.54 Å². The molecule has 3 atom stereocenters. The lowest BCUT2D eigenvalue weighted by molar-refractivity contribution is -0.00151. The molecule has 0 saturated carbocycles. The van der Waals surface area contributed by atoms with Gasteiger partial charge in [-0.3, -0.25) is 14.5 Å². The first-order valence-electron chi connectivity index (χ1n) is 13.9. The van der Waals surface area contributed by atoms with E-state index >= 15 is 0 Å². The summed E-state index contributed by atoms with van der Waals surface area (Å²) < 4.78 is 33.9. The molecule has 2 saturated heterocycles. The highest BCUT2D eigenvalue weighted by Crippen LogP contribution is 2.34. The lowest BCUT2D eigenvalue weighted by Crippen LogP contribution is -2.62. The summed E-state index contributed by atoms with van der Waals surface area (Å²) in [6, 6.07) is 16.0. The Balaban J connectivity index is 1.33. The number of hydrogen-bond acceptors (Lipinski definition) is 6. The van der Waals surface area contributed by atoms with Crippen LogP contribution < -0.4 is 0 Å². The molecule has 12 heteroatoms. The molecule has 0 spiro atoms. The van der Waals surface area contributed by atoms with E-state index < -0.39 is 10.0 Å². The summed E-state index contributed by atoms with van der Waals surface area (Å²) in [5, 5.41) is 0.0325. The highest BCUT2D eigenvalue weighted by Gasteiger charge is 2.39. The normalized spacial score (nSPS) is 22.4. The number of piperazine rings is 2.